The molecule has 0 aromatic carbocycles. The van der Waals surface area contributed by atoms with Crippen molar-refractivity contribution < 1.29 is 4.79 Å². The van der Waals surface area contributed by atoms with Gasteiger partial charge in [-0.1, -0.05) is 6.07 Å². The van der Waals surface area contributed by atoms with Gasteiger partial charge in [0.05, 0.1) is 6.04 Å². The molecule has 1 aromatic rings. The zero-order valence-corrected chi connectivity index (χ0v) is 7.47. The van der Waals surface area contributed by atoms with Gasteiger partial charge < -0.3 is 4.90 Å². The van der Waals surface area contributed by atoms with E-state index in [9.17, 15) is 4.79 Å². The van der Waals surface area contributed by atoms with Crippen LogP contribution < -0.4 is 0 Å². The van der Waals surface area contributed by atoms with E-state index < -0.39 is 0 Å². The van der Waals surface area contributed by atoms with Crippen LogP contribution in [0.2, 0.25) is 0 Å². The second-order valence-corrected chi connectivity index (χ2v) is 3.44. The van der Waals surface area contributed by atoms with E-state index in [0.29, 0.717) is 0 Å². The van der Waals surface area contributed by atoms with Gasteiger partial charge in [-0.05, 0) is 18.4 Å². The SMILES string of the molecule is CC(c1cccs1)N(C)C=O. The fourth-order valence-corrected chi connectivity index (χ4v) is 1.66. The van der Waals surface area contributed by atoms with Crippen molar-refractivity contribution in [3.63, 3.8) is 0 Å². The van der Waals surface area contributed by atoms with Crippen molar-refractivity contribution in [2.45, 2.75) is 13.0 Å². The third-order valence-electron chi connectivity index (χ3n) is 1.73. The van der Waals surface area contributed by atoms with E-state index in [1.165, 1.54) is 4.88 Å². The first-order valence-corrected chi connectivity index (χ1v) is 4.34. The number of hydrogen-bond acceptors (Lipinski definition) is 2. The van der Waals surface area contributed by atoms with Gasteiger partial charge in [0.2, 0.25) is 6.41 Å². The molecule has 0 N–H and O–H groups in total. The number of nitrogens with zero attached hydrogens (tertiary/aromatic N) is 1. The van der Waals surface area contributed by atoms with E-state index in [0.717, 1.165) is 6.41 Å². The van der Waals surface area contributed by atoms with Crippen LogP contribution in [0.3, 0.4) is 0 Å². The predicted molar refractivity (Wildman–Crippen MR) is 46.6 cm³/mol. The lowest BCUT2D eigenvalue weighted by atomic mass is 10.2. The molecular formula is C8H11NOS. The maximum absolute atomic E-state index is 10.4. The number of amides is 1. The average molecular weight is 169 g/mol. The molecule has 1 amide bonds. The zero-order chi connectivity index (χ0) is 8.27. The second kappa shape index (κ2) is 3.53. The number of thiophene rings is 1. The minimum atomic E-state index is 0.201. The molecule has 1 unspecified atom stereocenters. The Morgan fingerprint density at radius 2 is 2.45 bits per heavy atom. The smallest absolute Gasteiger partial charge is 0.209 e. The Morgan fingerprint density at radius 1 is 1.73 bits per heavy atom. The van der Waals surface area contributed by atoms with Crippen LogP contribution in [-0.4, -0.2) is 18.4 Å². The van der Waals surface area contributed by atoms with E-state index in [-0.39, 0.29) is 6.04 Å². The number of hydrogen-bond donors (Lipinski definition) is 0. The highest BCUT2D eigenvalue weighted by molar-refractivity contribution is 7.10. The largest absolute Gasteiger partial charge is 0.341 e. The van der Waals surface area contributed by atoms with Crippen molar-refractivity contribution in [2.75, 3.05) is 7.05 Å². The first-order chi connectivity index (χ1) is 5.25. The van der Waals surface area contributed by atoms with Gasteiger partial charge in [0, 0.05) is 11.9 Å². The highest BCUT2D eigenvalue weighted by Gasteiger charge is 2.09. The van der Waals surface area contributed by atoms with E-state index in [2.05, 4.69) is 0 Å². The van der Waals surface area contributed by atoms with Gasteiger partial charge in [0.15, 0.2) is 0 Å². The molecule has 1 aromatic heterocycles. The summed E-state index contributed by atoms with van der Waals surface area (Å²) in [6, 6.07) is 4.23. The molecule has 0 fully saturated rings. The molecule has 60 valence electrons. The minimum Gasteiger partial charge on any atom is -0.341 e. The summed E-state index contributed by atoms with van der Waals surface area (Å²) in [5.74, 6) is 0. The Hall–Kier alpha value is -0.830. The van der Waals surface area contributed by atoms with Crippen molar-refractivity contribution in [1.29, 1.82) is 0 Å². The molecule has 3 heteroatoms. The molecule has 0 saturated carbocycles. The molecule has 0 aliphatic rings. The van der Waals surface area contributed by atoms with Crippen LogP contribution in [0.1, 0.15) is 17.8 Å². The molecule has 0 spiro atoms. The fraction of sp³-hybridized carbons (Fsp3) is 0.375. The summed E-state index contributed by atoms with van der Waals surface area (Å²) >= 11 is 1.67. The number of carbonyl (C=O) groups excluding carboxylic acids is 1. The van der Waals surface area contributed by atoms with Crippen LogP contribution in [0.4, 0.5) is 0 Å². The molecule has 0 bridgehead atoms. The van der Waals surface area contributed by atoms with Crippen molar-refractivity contribution in [3.05, 3.63) is 22.4 Å². The van der Waals surface area contributed by atoms with Crippen LogP contribution in [0.5, 0.6) is 0 Å². The third-order valence-corrected chi connectivity index (χ3v) is 2.77. The Morgan fingerprint density at radius 3 is 2.91 bits per heavy atom. The Balaban J connectivity index is 2.69. The minimum absolute atomic E-state index is 0.201. The van der Waals surface area contributed by atoms with Crippen LogP contribution >= 0.6 is 11.3 Å². The summed E-state index contributed by atoms with van der Waals surface area (Å²) in [4.78, 5) is 13.3. The Bertz CT molecular complexity index is 220. The first-order valence-electron chi connectivity index (χ1n) is 3.46. The monoisotopic (exact) mass is 169 g/mol. The van der Waals surface area contributed by atoms with Gasteiger partial charge in [-0.2, -0.15) is 0 Å². The summed E-state index contributed by atoms with van der Waals surface area (Å²) in [5.41, 5.74) is 0. The number of rotatable bonds is 3. The third kappa shape index (κ3) is 1.80. The van der Waals surface area contributed by atoms with Gasteiger partial charge in [-0.25, -0.2) is 0 Å². The summed E-state index contributed by atoms with van der Waals surface area (Å²) < 4.78 is 0. The van der Waals surface area contributed by atoms with E-state index >= 15 is 0 Å². The molecule has 2 nitrogen and oxygen atoms in total. The van der Waals surface area contributed by atoms with E-state index in [4.69, 9.17) is 0 Å². The summed E-state index contributed by atoms with van der Waals surface area (Å²) in [7, 11) is 1.79. The molecular weight excluding hydrogens is 158 g/mol. The van der Waals surface area contributed by atoms with Crippen LogP contribution in [0.25, 0.3) is 0 Å². The lowest BCUT2D eigenvalue weighted by Gasteiger charge is -2.18. The molecule has 0 saturated heterocycles. The quantitative estimate of drug-likeness (QED) is 0.633. The first kappa shape index (κ1) is 8.27. The van der Waals surface area contributed by atoms with Gasteiger partial charge in [-0.3, -0.25) is 4.79 Å². The van der Waals surface area contributed by atoms with Gasteiger partial charge >= 0.3 is 0 Å². The lowest BCUT2D eigenvalue weighted by Crippen LogP contribution is -2.19. The normalized spacial score (nSPS) is 12.5. The van der Waals surface area contributed by atoms with Crippen LogP contribution in [0, 0.1) is 0 Å². The maximum atomic E-state index is 10.4. The van der Waals surface area contributed by atoms with Crippen molar-refractivity contribution in [1.82, 2.24) is 4.90 Å². The molecule has 0 aliphatic heterocycles. The molecule has 1 heterocycles. The fourth-order valence-electron chi connectivity index (χ4n) is 0.821. The molecule has 0 radical (unpaired) electrons. The summed E-state index contributed by atoms with van der Waals surface area (Å²) in [6.07, 6.45) is 0.852. The predicted octanol–water partition coefficient (Wildman–Crippen LogP) is 1.90. The molecule has 1 rings (SSSR count). The van der Waals surface area contributed by atoms with Crippen LogP contribution in [0.15, 0.2) is 17.5 Å². The van der Waals surface area contributed by atoms with E-state index in [1.54, 1.807) is 23.3 Å². The summed E-state index contributed by atoms with van der Waals surface area (Å²) in [5, 5.41) is 2.02. The van der Waals surface area contributed by atoms with Crippen molar-refractivity contribution >= 4 is 17.7 Å². The van der Waals surface area contributed by atoms with Gasteiger partial charge in [-0.15, -0.1) is 11.3 Å². The zero-order valence-electron chi connectivity index (χ0n) is 6.65. The highest BCUT2D eigenvalue weighted by Crippen LogP contribution is 2.21. The summed E-state index contributed by atoms with van der Waals surface area (Å²) in [6.45, 7) is 2.01. The maximum Gasteiger partial charge on any atom is 0.209 e. The number of carbonyl (C=O) groups is 1. The van der Waals surface area contributed by atoms with Gasteiger partial charge in [0.1, 0.15) is 0 Å². The molecule has 1 atom stereocenters. The Kier molecular flexibility index (Phi) is 2.65. The second-order valence-electron chi connectivity index (χ2n) is 2.46. The van der Waals surface area contributed by atoms with Crippen molar-refractivity contribution in [2.24, 2.45) is 0 Å². The Labute approximate surface area is 70.5 Å². The highest BCUT2D eigenvalue weighted by atomic mass is 32.1. The van der Waals surface area contributed by atoms with Crippen LogP contribution in [-0.2, 0) is 4.79 Å². The standard InChI is InChI=1S/C8H11NOS/c1-7(9(2)6-10)8-4-3-5-11-8/h3-7H,1-2H3. The van der Waals surface area contributed by atoms with E-state index in [1.807, 2.05) is 24.4 Å². The van der Waals surface area contributed by atoms with Gasteiger partial charge in [0.25, 0.3) is 0 Å². The average Bonchev–Trinajstić information content (AvgIpc) is 2.53. The topological polar surface area (TPSA) is 20.3 Å². The van der Waals surface area contributed by atoms with Crippen molar-refractivity contribution in [3.8, 4) is 0 Å². The molecule has 11 heavy (non-hydrogen) atoms. The lowest BCUT2D eigenvalue weighted by molar-refractivity contribution is -0.118. The molecule has 0 aliphatic carbocycles.